The Balaban J connectivity index is 1.66. The number of halogens is 1. The largest absolute Gasteiger partial charge is 0.364 e. The van der Waals surface area contributed by atoms with Gasteiger partial charge in [-0.2, -0.15) is 5.10 Å². The van der Waals surface area contributed by atoms with E-state index in [1.165, 1.54) is 11.3 Å². The predicted octanol–water partition coefficient (Wildman–Crippen LogP) is 3.79. The molecule has 4 nitrogen and oxygen atoms in total. The number of hydrogen-bond donors (Lipinski definition) is 1. The van der Waals surface area contributed by atoms with Crippen molar-refractivity contribution in [3.63, 3.8) is 0 Å². The molecule has 114 valence electrons. The molecule has 1 aromatic carbocycles. The van der Waals surface area contributed by atoms with Gasteiger partial charge in [0.15, 0.2) is 0 Å². The minimum absolute atomic E-state index is 0.690. The maximum Gasteiger partial charge on any atom is 0.0819 e. The average Bonchev–Trinajstić information content (AvgIpc) is 3.10. The Morgan fingerprint density at radius 1 is 1.18 bits per heavy atom. The van der Waals surface area contributed by atoms with Crippen LogP contribution in [-0.4, -0.2) is 26.7 Å². The van der Waals surface area contributed by atoms with Crippen LogP contribution in [0.2, 0.25) is 5.02 Å². The van der Waals surface area contributed by atoms with Gasteiger partial charge in [-0.25, -0.2) is 4.68 Å². The molecule has 0 atom stereocenters. The van der Waals surface area contributed by atoms with E-state index in [9.17, 15) is 0 Å². The van der Waals surface area contributed by atoms with E-state index in [1.54, 1.807) is 0 Å². The number of benzene rings is 1. The Kier molecular flexibility index (Phi) is 4.32. The van der Waals surface area contributed by atoms with Gasteiger partial charge in [0.2, 0.25) is 0 Å². The van der Waals surface area contributed by atoms with E-state index in [0.717, 1.165) is 24.5 Å². The first kappa shape index (κ1) is 14.9. The molecule has 0 amide bonds. The van der Waals surface area contributed by atoms with Crippen LogP contribution in [0.1, 0.15) is 17.0 Å². The van der Waals surface area contributed by atoms with E-state index in [0.29, 0.717) is 5.02 Å². The number of aryl methyl sites for hydroxylation is 1. The van der Waals surface area contributed by atoms with Crippen molar-refractivity contribution in [1.29, 1.82) is 0 Å². The molecule has 0 spiro atoms. The van der Waals surface area contributed by atoms with Crippen molar-refractivity contribution in [3.05, 3.63) is 70.8 Å². The van der Waals surface area contributed by atoms with Crippen LogP contribution < -0.4 is 0 Å². The van der Waals surface area contributed by atoms with E-state index in [1.807, 2.05) is 30.1 Å². The number of H-pyrrole nitrogens is 1. The van der Waals surface area contributed by atoms with Crippen molar-refractivity contribution in [2.75, 3.05) is 7.05 Å². The van der Waals surface area contributed by atoms with E-state index in [-0.39, 0.29) is 0 Å². The third-order valence-electron chi connectivity index (χ3n) is 3.59. The number of aromatic nitrogens is 3. The summed E-state index contributed by atoms with van der Waals surface area (Å²) in [5.41, 5.74) is 4.36. The fourth-order valence-corrected chi connectivity index (χ4v) is 2.58. The summed E-state index contributed by atoms with van der Waals surface area (Å²) in [5.74, 6) is 0. The first-order valence-electron chi connectivity index (χ1n) is 7.24. The Morgan fingerprint density at radius 3 is 2.55 bits per heavy atom. The lowest BCUT2D eigenvalue weighted by molar-refractivity contribution is 0.315. The Bertz CT molecular complexity index is 709. The molecule has 0 saturated heterocycles. The minimum atomic E-state index is 0.690. The highest BCUT2D eigenvalue weighted by Crippen LogP contribution is 2.17. The summed E-state index contributed by atoms with van der Waals surface area (Å²) in [6.45, 7) is 3.71. The van der Waals surface area contributed by atoms with Crippen LogP contribution in [-0.2, 0) is 13.1 Å². The third-order valence-corrected chi connectivity index (χ3v) is 3.97. The Hall–Kier alpha value is -2.04. The zero-order valence-electron chi connectivity index (χ0n) is 12.8. The fourth-order valence-electron chi connectivity index (χ4n) is 2.45. The van der Waals surface area contributed by atoms with Crippen LogP contribution in [0.3, 0.4) is 0 Å². The molecule has 0 bridgehead atoms. The van der Waals surface area contributed by atoms with Gasteiger partial charge in [-0.15, -0.1) is 0 Å². The lowest BCUT2D eigenvalue weighted by Crippen LogP contribution is -2.17. The van der Waals surface area contributed by atoms with Gasteiger partial charge in [-0.05, 0) is 43.8 Å². The van der Waals surface area contributed by atoms with Crippen molar-refractivity contribution in [3.8, 4) is 5.69 Å². The van der Waals surface area contributed by atoms with Gasteiger partial charge in [0.1, 0.15) is 0 Å². The summed E-state index contributed by atoms with van der Waals surface area (Å²) >= 11 is 6.05. The van der Waals surface area contributed by atoms with Gasteiger partial charge >= 0.3 is 0 Å². The summed E-state index contributed by atoms with van der Waals surface area (Å²) in [5, 5.41) is 5.08. The molecule has 2 aromatic heterocycles. The van der Waals surface area contributed by atoms with Gasteiger partial charge in [-0.1, -0.05) is 23.7 Å². The Labute approximate surface area is 135 Å². The standard InChI is InChI=1S/C17H19ClN4/c1-13-17(18)12-22(20-13)16-7-5-14(6-8-16)10-21(2)11-15-4-3-9-19-15/h3-9,12,19H,10-11H2,1-2H3. The summed E-state index contributed by atoms with van der Waals surface area (Å²) < 4.78 is 1.81. The fraction of sp³-hybridized carbons (Fsp3) is 0.235. The summed E-state index contributed by atoms with van der Waals surface area (Å²) in [4.78, 5) is 5.50. The van der Waals surface area contributed by atoms with Crippen LogP contribution in [0.25, 0.3) is 5.69 Å². The second-order valence-electron chi connectivity index (χ2n) is 5.54. The van der Waals surface area contributed by atoms with Gasteiger partial charge in [0.25, 0.3) is 0 Å². The molecule has 22 heavy (non-hydrogen) atoms. The monoisotopic (exact) mass is 314 g/mol. The lowest BCUT2D eigenvalue weighted by atomic mass is 10.2. The second kappa shape index (κ2) is 6.38. The SMILES string of the molecule is Cc1nn(-c2ccc(CN(C)Cc3ccc[nH]3)cc2)cc1Cl. The smallest absolute Gasteiger partial charge is 0.0819 e. The molecule has 0 radical (unpaired) electrons. The van der Waals surface area contributed by atoms with Gasteiger partial charge in [0.05, 0.1) is 16.4 Å². The van der Waals surface area contributed by atoms with Crippen molar-refractivity contribution < 1.29 is 0 Å². The number of hydrogen-bond acceptors (Lipinski definition) is 2. The van der Waals surface area contributed by atoms with Crippen LogP contribution >= 0.6 is 11.6 Å². The van der Waals surface area contributed by atoms with Crippen LogP contribution in [0.15, 0.2) is 48.8 Å². The van der Waals surface area contributed by atoms with Gasteiger partial charge in [-0.3, -0.25) is 4.90 Å². The van der Waals surface area contributed by atoms with E-state index in [2.05, 4.69) is 52.4 Å². The first-order chi connectivity index (χ1) is 10.6. The number of aromatic amines is 1. The molecule has 5 heteroatoms. The quantitative estimate of drug-likeness (QED) is 0.778. The number of rotatable bonds is 5. The number of nitrogens with zero attached hydrogens (tertiary/aromatic N) is 3. The first-order valence-corrected chi connectivity index (χ1v) is 7.61. The maximum atomic E-state index is 6.05. The van der Waals surface area contributed by atoms with E-state index in [4.69, 9.17) is 11.6 Å². The molecule has 3 rings (SSSR count). The summed E-state index contributed by atoms with van der Waals surface area (Å²) in [6, 6.07) is 12.5. The van der Waals surface area contributed by atoms with Crippen molar-refractivity contribution in [2.24, 2.45) is 0 Å². The maximum absolute atomic E-state index is 6.05. The van der Waals surface area contributed by atoms with Crippen LogP contribution in [0.4, 0.5) is 0 Å². The highest BCUT2D eigenvalue weighted by Gasteiger charge is 2.05. The summed E-state index contributed by atoms with van der Waals surface area (Å²) in [7, 11) is 2.12. The van der Waals surface area contributed by atoms with E-state index >= 15 is 0 Å². The molecular formula is C17H19ClN4. The second-order valence-corrected chi connectivity index (χ2v) is 5.95. The van der Waals surface area contributed by atoms with Gasteiger partial charge in [0, 0.05) is 31.2 Å². The molecule has 0 fully saturated rings. The molecule has 0 aliphatic heterocycles. The molecule has 3 aromatic rings. The third kappa shape index (κ3) is 3.40. The van der Waals surface area contributed by atoms with Crippen molar-refractivity contribution in [2.45, 2.75) is 20.0 Å². The topological polar surface area (TPSA) is 36.9 Å². The normalized spacial score (nSPS) is 11.3. The molecular weight excluding hydrogens is 296 g/mol. The predicted molar refractivity (Wildman–Crippen MR) is 89.3 cm³/mol. The summed E-state index contributed by atoms with van der Waals surface area (Å²) in [6.07, 6.45) is 3.79. The molecule has 2 heterocycles. The molecule has 1 N–H and O–H groups in total. The average molecular weight is 315 g/mol. The van der Waals surface area contributed by atoms with Crippen molar-refractivity contribution >= 4 is 11.6 Å². The van der Waals surface area contributed by atoms with Crippen LogP contribution in [0.5, 0.6) is 0 Å². The molecule has 0 saturated carbocycles. The van der Waals surface area contributed by atoms with Crippen LogP contribution in [0, 0.1) is 6.92 Å². The number of nitrogens with one attached hydrogen (secondary N) is 1. The Morgan fingerprint density at radius 2 is 1.95 bits per heavy atom. The molecule has 0 unspecified atom stereocenters. The highest BCUT2D eigenvalue weighted by molar-refractivity contribution is 6.31. The highest BCUT2D eigenvalue weighted by atomic mass is 35.5. The van der Waals surface area contributed by atoms with E-state index < -0.39 is 0 Å². The lowest BCUT2D eigenvalue weighted by Gasteiger charge is -2.16. The zero-order chi connectivity index (χ0) is 15.5. The van der Waals surface area contributed by atoms with Gasteiger partial charge < -0.3 is 4.98 Å². The zero-order valence-corrected chi connectivity index (χ0v) is 13.5. The van der Waals surface area contributed by atoms with Crippen molar-refractivity contribution in [1.82, 2.24) is 19.7 Å². The molecule has 0 aliphatic rings. The molecule has 0 aliphatic carbocycles. The minimum Gasteiger partial charge on any atom is -0.364 e.